The summed E-state index contributed by atoms with van der Waals surface area (Å²) in [5.74, 6) is 4.42. The van der Waals surface area contributed by atoms with E-state index >= 15 is 0 Å². The molecule has 2 aliphatic carbocycles. The summed E-state index contributed by atoms with van der Waals surface area (Å²) in [6.07, 6.45) is 17.3. The predicted molar refractivity (Wildman–Crippen MR) is 90.3 cm³/mol. The molecule has 0 unspecified atom stereocenters. The third-order valence-electron chi connectivity index (χ3n) is 6.37. The molecule has 0 N–H and O–H groups in total. The van der Waals surface area contributed by atoms with Crippen LogP contribution in [0.5, 0.6) is 0 Å². The summed E-state index contributed by atoms with van der Waals surface area (Å²) in [7, 11) is 0. The Morgan fingerprint density at radius 3 is 1.67 bits per heavy atom. The van der Waals surface area contributed by atoms with E-state index in [1.165, 1.54) is 70.6 Å². The largest absolute Gasteiger partial charge is 0.300 e. The molecule has 1 heteroatoms. The second-order valence-electron chi connectivity index (χ2n) is 7.78. The zero-order valence-corrected chi connectivity index (χ0v) is 14.4. The van der Waals surface area contributed by atoms with Crippen LogP contribution in [-0.2, 0) is 4.79 Å². The maximum Gasteiger partial charge on any atom is 0.132 e. The number of rotatable bonds is 7. The van der Waals surface area contributed by atoms with Crippen LogP contribution in [0.1, 0.15) is 97.3 Å². The maximum absolute atomic E-state index is 11.5. The van der Waals surface area contributed by atoms with E-state index in [1.807, 2.05) is 6.92 Å². The van der Waals surface area contributed by atoms with Gasteiger partial charge in [0, 0.05) is 12.8 Å². The van der Waals surface area contributed by atoms with Crippen molar-refractivity contribution in [2.75, 3.05) is 0 Å². The number of hydrogen-bond donors (Lipinski definition) is 0. The first-order valence-corrected chi connectivity index (χ1v) is 9.74. The van der Waals surface area contributed by atoms with Crippen LogP contribution in [0.3, 0.4) is 0 Å². The lowest BCUT2D eigenvalue weighted by atomic mass is 9.68. The Bertz CT molecular complexity index is 293. The molecule has 0 saturated heterocycles. The zero-order valence-electron chi connectivity index (χ0n) is 14.4. The van der Waals surface area contributed by atoms with E-state index in [0.29, 0.717) is 5.78 Å². The number of carbonyl (C=O) groups is 1. The Labute approximate surface area is 132 Å². The Kier molecular flexibility index (Phi) is 7.26. The third kappa shape index (κ3) is 5.42. The monoisotopic (exact) mass is 292 g/mol. The number of hydrogen-bond acceptors (Lipinski definition) is 1. The van der Waals surface area contributed by atoms with Crippen molar-refractivity contribution in [2.24, 2.45) is 23.7 Å². The molecule has 0 radical (unpaired) electrons. The number of ketones is 1. The fourth-order valence-electron chi connectivity index (χ4n) is 4.85. The molecule has 21 heavy (non-hydrogen) atoms. The molecule has 0 aromatic rings. The standard InChI is InChI=1S/C20H36O/c1-3-5-16-6-11-18(12-7-16)19-13-8-17(9-14-19)10-15-20(21)4-2/h16-19H,3-15H2,1-2H3. The normalized spacial score (nSPS) is 33.8. The smallest absolute Gasteiger partial charge is 0.132 e. The summed E-state index contributed by atoms with van der Waals surface area (Å²) < 4.78 is 0. The van der Waals surface area contributed by atoms with E-state index < -0.39 is 0 Å². The molecular weight excluding hydrogens is 256 g/mol. The van der Waals surface area contributed by atoms with Gasteiger partial charge in [-0.1, -0.05) is 52.4 Å². The van der Waals surface area contributed by atoms with Gasteiger partial charge in [-0.15, -0.1) is 0 Å². The van der Waals surface area contributed by atoms with Crippen molar-refractivity contribution in [1.82, 2.24) is 0 Å². The van der Waals surface area contributed by atoms with E-state index in [9.17, 15) is 4.79 Å². The SMILES string of the molecule is CCCC1CCC(C2CCC(CCC(=O)CC)CC2)CC1. The molecule has 122 valence electrons. The summed E-state index contributed by atoms with van der Waals surface area (Å²) in [6, 6.07) is 0. The van der Waals surface area contributed by atoms with Crippen LogP contribution in [0.4, 0.5) is 0 Å². The summed E-state index contributed by atoms with van der Waals surface area (Å²) in [5, 5.41) is 0. The Morgan fingerprint density at radius 2 is 1.24 bits per heavy atom. The molecule has 0 aromatic carbocycles. The van der Waals surface area contributed by atoms with Crippen LogP contribution in [-0.4, -0.2) is 5.78 Å². The van der Waals surface area contributed by atoms with E-state index in [2.05, 4.69) is 6.92 Å². The van der Waals surface area contributed by atoms with Gasteiger partial charge in [0.15, 0.2) is 0 Å². The van der Waals surface area contributed by atoms with Gasteiger partial charge in [0.05, 0.1) is 0 Å². The van der Waals surface area contributed by atoms with Gasteiger partial charge in [-0.25, -0.2) is 0 Å². The summed E-state index contributed by atoms with van der Waals surface area (Å²) in [4.78, 5) is 11.5. The lowest BCUT2D eigenvalue weighted by molar-refractivity contribution is -0.119. The average Bonchev–Trinajstić information content (AvgIpc) is 2.54. The minimum absolute atomic E-state index is 0.464. The van der Waals surface area contributed by atoms with Gasteiger partial charge in [-0.3, -0.25) is 4.79 Å². The topological polar surface area (TPSA) is 17.1 Å². The highest BCUT2D eigenvalue weighted by Crippen LogP contribution is 2.42. The molecule has 0 heterocycles. The van der Waals surface area contributed by atoms with Gasteiger partial charge < -0.3 is 0 Å². The highest BCUT2D eigenvalue weighted by molar-refractivity contribution is 5.77. The Hall–Kier alpha value is -0.330. The van der Waals surface area contributed by atoms with Crippen LogP contribution in [0.15, 0.2) is 0 Å². The molecule has 2 aliphatic rings. The third-order valence-corrected chi connectivity index (χ3v) is 6.37. The van der Waals surface area contributed by atoms with Crippen molar-refractivity contribution in [3.63, 3.8) is 0 Å². The molecule has 2 saturated carbocycles. The van der Waals surface area contributed by atoms with Gasteiger partial charge in [-0.2, -0.15) is 0 Å². The minimum atomic E-state index is 0.464. The molecular formula is C20H36O. The Balaban J connectivity index is 1.64. The Morgan fingerprint density at radius 1 is 0.762 bits per heavy atom. The van der Waals surface area contributed by atoms with Gasteiger partial charge >= 0.3 is 0 Å². The fourth-order valence-corrected chi connectivity index (χ4v) is 4.85. The second kappa shape index (κ2) is 8.96. The van der Waals surface area contributed by atoms with Gasteiger partial charge in [-0.05, 0) is 55.8 Å². The van der Waals surface area contributed by atoms with E-state index in [4.69, 9.17) is 0 Å². The summed E-state index contributed by atoms with van der Waals surface area (Å²) >= 11 is 0. The molecule has 0 aromatic heterocycles. The lowest BCUT2D eigenvalue weighted by Gasteiger charge is -2.38. The van der Waals surface area contributed by atoms with Gasteiger partial charge in [0.1, 0.15) is 5.78 Å². The first-order valence-electron chi connectivity index (χ1n) is 9.74. The highest BCUT2D eigenvalue weighted by atomic mass is 16.1. The molecule has 0 bridgehead atoms. The average molecular weight is 293 g/mol. The first-order chi connectivity index (χ1) is 10.2. The van der Waals surface area contributed by atoms with Gasteiger partial charge in [0.25, 0.3) is 0 Å². The molecule has 0 atom stereocenters. The number of carbonyl (C=O) groups excluding carboxylic acids is 1. The van der Waals surface area contributed by atoms with Crippen molar-refractivity contribution in [1.29, 1.82) is 0 Å². The van der Waals surface area contributed by atoms with Crippen LogP contribution in [0.2, 0.25) is 0 Å². The molecule has 2 rings (SSSR count). The van der Waals surface area contributed by atoms with Crippen molar-refractivity contribution in [2.45, 2.75) is 97.3 Å². The van der Waals surface area contributed by atoms with Crippen molar-refractivity contribution in [3.8, 4) is 0 Å². The predicted octanol–water partition coefficient (Wildman–Crippen LogP) is 6.16. The van der Waals surface area contributed by atoms with Crippen molar-refractivity contribution >= 4 is 5.78 Å². The van der Waals surface area contributed by atoms with Crippen LogP contribution in [0, 0.1) is 23.7 Å². The molecule has 0 spiro atoms. The maximum atomic E-state index is 11.5. The van der Waals surface area contributed by atoms with Crippen LogP contribution >= 0.6 is 0 Å². The van der Waals surface area contributed by atoms with E-state index in [-0.39, 0.29) is 0 Å². The van der Waals surface area contributed by atoms with Crippen molar-refractivity contribution in [3.05, 3.63) is 0 Å². The highest BCUT2D eigenvalue weighted by Gasteiger charge is 2.30. The van der Waals surface area contributed by atoms with Crippen LogP contribution < -0.4 is 0 Å². The molecule has 0 amide bonds. The number of Topliss-reactive ketones (excluding diaryl/α,β-unsaturated/α-hetero) is 1. The molecule has 2 fully saturated rings. The first kappa shape index (κ1) is 17.0. The van der Waals surface area contributed by atoms with Gasteiger partial charge in [0.2, 0.25) is 0 Å². The summed E-state index contributed by atoms with van der Waals surface area (Å²) in [6.45, 7) is 4.32. The quantitative estimate of drug-likeness (QED) is 0.549. The van der Waals surface area contributed by atoms with E-state index in [1.54, 1.807) is 0 Å². The lowest BCUT2D eigenvalue weighted by Crippen LogP contribution is -2.26. The zero-order chi connectivity index (χ0) is 15.1. The fraction of sp³-hybridized carbons (Fsp3) is 0.950. The van der Waals surface area contributed by atoms with Crippen LogP contribution in [0.25, 0.3) is 0 Å². The minimum Gasteiger partial charge on any atom is -0.300 e. The molecule has 1 nitrogen and oxygen atoms in total. The van der Waals surface area contributed by atoms with E-state index in [0.717, 1.165) is 36.5 Å². The molecule has 0 aliphatic heterocycles. The summed E-state index contributed by atoms with van der Waals surface area (Å²) in [5.41, 5.74) is 0. The van der Waals surface area contributed by atoms with Crippen molar-refractivity contribution < 1.29 is 4.79 Å². The second-order valence-corrected chi connectivity index (χ2v) is 7.78.